The number of amides is 1. The number of ether oxygens (including phenoxy) is 2. The Bertz CT molecular complexity index is 2240. The Kier molecular flexibility index (Phi) is 11.7. The van der Waals surface area contributed by atoms with Crippen LogP contribution in [0, 0.1) is 11.6 Å². The lowest BCUT2D eigenvalue weighted by atomic mass is 9.66. The second kappa shape index (κ2) is 17.1. The standard InChI is InChI=1S/C19H19FN6O2S.C19H18FN5O3S/c1-28-17-14(16(21)27)29-18(24-17)12-5-6-13(26-25-12)23-10-19(7-3-8-19)15-11(20)4-2-9-22-15;1-28-16-14(18(26)27)29-17(23-16)12-5-6-13(25-24-12)22-10-19(7-3-8-19)15-11(20)4-2-9-21-15/h2,4-6,9H,3,7-8,10H2,1H3,(H2,21,27)(H,23,26);2,4-6,9H,3,7-8,10H2,1H3,(H,22,25)(H,26,27). The zero-order chi connectivity index (χ0) is 40.9. The minimum Gasteiger partial charge on any atom is -0.480 e. The van der Waals surface area contributed by atoms with Gasteiger partial charge in [0.1, 0.15) is 44.7 Å². The van der Waals surface area contributed by atoms with Crippen LogP contribution in [0.15, 0.2) is 60.9 Å². The van der Waals surface area contributed by atoms with Crippen LogP contribution in [0.25, 0.3) is 21.4 Å². The fourth-order valence-electron chi connectivity index (χ4n) is 6.75. The van der Waals surface area contributed by atoms with E-state index >= 15 is 0 Å². The molecule has 0 spiro atoms. The first-order chi connectivity index (χ1) is 28.0. The highest BCUT2D eigenvalue weighted by molar-refractivity contribution is 7.17. The highest BCUT2D eigenvalue weighted by Crippen LogP contribution is 2.45. The Morgan fingerprint density at radius 1 is 0.724 bits per heavy atom. The number of hydrogen-bond acceptors (Lipinski definition) is 16. The molecule has 2 aliphatic carbocycles. The van der Waals surface area contributed by atoms with E-state index in [-0.39, 0.29) is 44.0 Å². The van der Waals surface area contributed by atoms with Gasteiger partial charge in [-0.05, 0) is 74.2 Å². The lowest BCUT2D eigenvalue weighted by Gasteiger charge is -2.41. The summed E-state index contributed by atoms with van der Waals surface area (Å²) in [6, 6.07) is 13.0. The van der Waals surface area contributed by atoms with Gasteiger partial charge >= 0.3 is 5.97 Å². The molecule has 0 saturated heterocycles. The summed E-state index contributed by atoms with van der Waals surface area (Å²) < 4.78 is 38.5. The number of hydrogen-bond donors (Lipinski definition) is 4. The molecule has 0 aliphatic heterocycles. The molecule has 300 valence electrons. The molecule has 6 aromatic heterocycles. The van der Waals surface area contributed by atoms with Gasteiger partial charge in [0.2, 0.25) is 11.8 Å². The smallest absolute Gasteiger partial charge is 0.351 e. The van der Waals surface area contributed by atoms with Crippen molar-refractivity contribution in [3.05, 3.63) is 93.7 Å². The molecular weight excluding hydrogens is 793 g/mol. The number of carboxylic acids is 1. The first-order valence-electron chi connectivity index (χ1n) is 18.1. The van der Waals surface area contributed by atoms with Crippen molar-refractivity contribution in [1.82, 2.24) is 40.3 Å². The van der Waals surface area contributed by atoms with Crippen molar-refractivity contribution in [2.24, 2.45) is 5.73 Å². The van der Waals surface area contributed by atoms with Crippen LogP contribution in [0.5, 0.6) is 11.8 Å². The molecule has 2 aliphatic rings. The molecule has 0 atom stereocenters. The van der Waals surface area contributed by atoms with E-state index in [1.54, 1.807) is 48.8 Å². The number of halogens is 2. The highest BCUT2D eigenvalue weighted by Gasteiger charge is 2.43. The summed E-state index contributed by atoms with van der Waals surface area (Å²) in [5, 5.41) is 33.2. The fourth-order valence-corrected chi connectivity index (χ4v) is 8.44. The number of nitrogens with zero attached hydrogens (tertiary/aromatic N) is 8. The van der Waals surface area contributed by atoms with Crippen LogP contribution in [0.1, 0.15) is 69.3 Å². The molecule has 2 saturated carbocycles. The van der Waals surface area contributed by atoms with Crippen molar-refractivity contribution in [3.63, 3.8) is 0 Å². The molecule has 2 fully saturated rings. The Morgan fingerprint density at radius 2 is 1.17 bits per heavy atom. The van der Waals surface area contributed by atoms with Crippen LogP contribution in [0.2, 0.25) is 0 Å². The number of rotatable bonds is 14. The molecule has 0 aromatic carbocycles. The second-order valence-corrected chi connectivity index (χ2v) is 15.6. The summed E-state index contributed by atoms with van der Waals surface area (Å²) >= 11 is 2.07. The molecule has 6 heterocycles. The number of aromatic carboxylic acids is 1. The molecule has 8 rings (SSSR count). The van der Waals surface area contributed by atoms with Crippen LogP contribution < -0.4 is 25.8 Å². The minimum atomic E-state index is -1.11. The molecule has 6 aromatic rings. The maximum absolute atomic E-state index is 14.2. The third-order valence-electron chi connectivity index (χ3n) is 10.1. The first-order valence-corrected chi connectivity index (χ1v) is 19.7. The van der Waals surface area contributed by atoms with Crippen molar-refractivity contribution in [2.75, 3.05) is 37.9 Å². The monoisotopic (exact) mass is 829 g/mol. The fraction of sp³-hybridized carbons (Fsp3) is 0.316. The number of methoxy groups -OCH3 is 2. The average molecular weight is 830 g/mol. The van der Waals surface area contributed by atoms with Crippen molar-refractivity contribution < 1.29 is 33.0 Å². The minimum absolute atomic E-state index is 0.0100. The number of anilines is 2. The summed E-state index contributed by atoms with van der Waals surface area (Å²) in [7, 11) is 2.79. The van der Waals surface area contributed by atoms with Gasteiger partial charge in [-0.1, -0.05) is 12.8 Å². The van der Waals surface area contributed by atoms with Crippen molar-refractivity contribution >= 4 is 46.2 Å². The van der Waals surface area contributed by atoms with Crippen molar-refractivity contribution in [1.29, 1.82) is 0 Å². The van der Waals surface area contributed by atoms with Gasteiger partial charge in [0.25, 0.3) is 5.91 Å². The third-order valence-corrected chi connectivity index (χ3v) is 12.2. The number of nitrogens with two attached hydrogens (primary N) is 1. The highest BCUT2D eigenvalue weighted by atomic mass is 32.1. The van der Waals surface area contributed by atoms with Gasteiger partial charge in [0, 0.05) is 36.3 Å². The molecular formula is C38H37F2N11O5S2. The van der Waals surface area contributed by atoms with Gasteiger partial charge in [-0.15, -0.1) is 43.1 Å². The Balaban J connectivity index is 0.000000177. The van der Waals surface area contributed by atoms with E-state index in [2.05, 4.69) is 51.0 Å². The largest absolute Gasteiger partial charge is 0.480 e. The van der Waals surface area contributed by atoms with Crippen LogP contribution in [-0.2, 0) is 10.8 Å². The maximum atomic E-state index is 14.2. The van der Waals surface area contributed by atoms with E-state index < -0.39 is 11.9 Å². The van der Waals surface area contributed by atoms with Crippen LogP contribution in [-0.4, -0.2) is 84.6 Å². The van der Waals surface area contributed by atoms with E-state index in [0.717, 1.165) is 61.2 Å². The number of aromatic nitrogens is 8. The van der Waals surface area contributed by atoms with Gasteiger partial charge in [-0.2, -0.15) is 9.97 Å². The normalized spacial score (nSPS) is 14.8. The molecule has 0 unspecified atom stereocenters. The number of pyridine rings is 2. The molecule has 20 heteroatoms. The molecule has 0 bridgehead atoms. The van der Waals surface area contributed by atoms with Crippen molar-refractivity contribution in [3.8, 4) is 33.2 Å². The SMILES string of the molecule is COc1nc(-c2ccc(NCC3(c4ncccc4F)CCC3)nn2)sc1C(=O)O.COc1nc(-c2ccc(NCC3(c4ncccc4F)CCC3)nn2)sc1C(N)=O. The molecule has 16 nitrogen and oxygen atoms in total. The summed E-state index contributed by atoms with van der Waals surface area (Å²) in [5.74, 6) is -0.959. The number of carbonyl (C=O) groups is 2. The zero-order valence-corrected chi connectivity index (χ0v) is 32.9. The summed E-state index contributed by atoms with van der Waals surface area (Å²) in [5.41, 5.74) is 6.59. The first kappa shape index (κ1) is 39.9. The summed E-state index contributed by atoms with van der Waals surface area (Å²) in [6.45, 7) is 1.02. The van der Waals surface area contributed by atoms with Gasteiger partial charge < -0.3 is 30.9 Å². The van der Waals surface area contributed by atoms with E-state index in [1.807, 2.05) is 0 Å². The molecule has 0 radical (unpaired) electrons. The molecule has 1 amide bonds. The zero-order valence-electron chi connectivity index (χ0n) is 31.2. The van der Waals surface area contributed by atoms with Crippen LogP contribution in [0.4, 0.5) is 20.4 Å². The van der Waals surface area contributed by atoms with Crippen molar-refractivity contribution in [2.45, 2.75) is 49.4 Å². The quantitative estimate of drug-likeness (QED) is 0.0966. The van der Waals surface area contributed by atoms with E-state index in [4.69, 9.17) is 15.2 Å². The molecule has 5 N–H and O–H groups in total. The number of carbonyl (C=O) groups excluding carboxylic acids is 1. The van der Waals surface area contributed by atoms with E-state index in [1.165, 1.54) is 26.4 Å². The van der Waals surface area contributed by atoms with Crippen LogP contribution >= 0.6 is 22.7 Å². The lowest BCUT2D eigenvalue weighted by Crippen LogP contribution is -2.42. The van der Waals surface area contributed by atoms with Gasteiger partial charge in [-0.3, -0.25) is 14.8 Å². The molecule has 58 heavy (non-hydrogen) atoms. The summed E-state index contributed by atoms with van der Waals surface area (Å²) in [6.07, 6.45) is 8.75. The lowest BCUT2D eigenvalue weighted by molar-refractivity contribution is 0.0698. The number of nitrogens with one attached hydrogen (secondary N) is 2. The van der Waals surface area contributed by atoms with Gasteiger partial charge in [-0.25, -0.2) is 13.6 Å². The summed E-state index contributed by atoms with van der Waals surface area (Å²) in [4.78, 5) is 39.9. The maximum Gasteiger partial charge on any atom is 0.351 e. The van der Waals surface area contributed by atoms with Gasteiger partial charge in [0.05, 0.1) is 25.6 Å². The van der Waals surface area contributed by atoms with E-state index in [9.17, 15) is 23.5 Å². The van der Waals surface area contributed by atoms with E-state index in [0.29, 0.717) is 57.5 Å². The third kappa shape index (κ3) is 8.23. The Labute approximate surface area is 338 Å². The topological polar surface area (TPSA) is 226 Å². The van der Waals surface area contributed by atoms with Gasteiger partial charge in [0.15, 0.2) is 9.75 Å². The predicted molar refractivity (Wildman–Crippen MR) is 211 cm³/mol. The Hall–Kier alpha value is -6.28. The second-order valence-electron chi connectivity index (χ2n) is 13.6. The predicted octanol–water partition coefficient (Wildman–Crippen LogP) is 6.15. The number of carboxylic acid groups (broad SMARTS) is 1. The Morgan fingerprint density at radius 3 is 1.48 bits per heavy atom. The van der Waals surface area contributed by atoms with Crippen LogP contribution in [0.3, 0.4) is 0 Å². The number of primary amides is 1. The number of thiazole rings is 2. The average Bonchev–Trinajstić information content (AvgIpc) is 3.85.